The van der Waals surface area contributed by atoms with E-state index in [1.54, 1.807) is 0 Å². The van der Waals surface area contributed by atoms with Crippen molar-refractivity contribution >= 4 is 5.91 Å². The highest BCUT2D eigenvalue weighted by molar-refractivity contribution is 5.79. The van der Waals surface area contributed by atoms with Crippen molar-refractivity contribution < 1.29 is 4.79 Å². The maximum Gasteiger partial charge on any atom is 0.224 e. The van der Waals surface area contributed by atoms with Gasteiger partial charge in [-0.1, -0.05) is 38.1 Å². The summed E-state index contributed by atoms with van der Waals surface area (Å²) in [6.45, 7) is 8.30. The van der Waals surface area contributed by atoms with Gasteiger partial charge in [0.1, 0.15) is 0 Å². The molecule has 0 aromatic heterocycles. The average molecular weight is 219 g/mol. The fourth-order valence-corrected chi connectivity index (χ4v) is 1.45. The van der Waals surface area contributed by atoms with Crippen LogP contribution in [0.4, 0.5) is 0 Å². The average Bonchev–Trinajstić information content (AvgIpc) is 2.21. The van der Waals surface area contributed by atoms with Crippen LogP contribution in [-0.4, -0.2) is 11.9 Å². The molecular formula is C14H21NO. The van der Waals surface area contributed by atoms with Gasteiger partial charge in [-0.3, -0.25) is 4.79 Å². The number of carbonyl (C=O) groups excluding carboxylic acids is 1. The summed E-state index contributed by atoms with van der Waals surface area (Å²) in [4.78, 5) is 11.8. The quantitative estimate of drug-likeness (QED) is 0.829. The Morgan fingerprint density at radius 2 is 1.88 bits per heavy atom. The number of aryl methyl sites for hydroxylation is 1. The van der Waals surface area contributed by atoms with E-state index in [4.69, 9.17) is 0 Å². The zero-order chi connectivity index (χ0) is 12.1. The molecule has 0 saturated heterocycles. The van der Waals surface area contributed by atoms with Crippen LogP contribution in [0.5, 0.6) is 0 Å². The standard InChI is InChI=1S/C14H21NO/c1-10(2)12(4)15-14(16)9-13-8-6-5-7-11(13)3/h5-8,10,12H,9H2,1-4H3,(H,15,16). The van der Waals surface area contributed by atoms with E-state index in [9.17, 15) is 4.79 Å². The Labute approximate surface area is 98.1 Å². The van der Waals surface area contributed by atoms with Crippen LogP contribution in [0.2, 0.25) is 0 Å². The van der Waals surface area contributed by atoms with Gasteiger partial charge < -0.3 is 5.32 Å². The van der Waals surface area contributed by atoms with Crippen LogP contribution in [0.3, 0.4) is 0 Å². The molecule has 0 aliphatic carbocycles. The molecule has 0 aliphatic rings. The molecule has 1 unspecified atom stereocenters. The fraction of sp³-hybridized carbons (Fsp3) is 0.500. The third kappa shape index (κ3) is 3.69. The number of hydrogen-bond donors (Lipinski definition) is 1. The molecule has 1 rings (SSSR count). The van der Waals surface area contributed by atoms with E-state index in [2.05, 4.69) is 19.2 Å². The first-order valence-corrected chi connectivity index (χ1v) is 5.84. The van der Waals surface area contributed by atoms with Crippen molar-refractivity contribution in [1.29, 1.82) is 0 Å². The van der Waals surface area contributed by atoms with Crippen LogP contribution < -0.4 is 5.32 Å². The predicted octanol–water partition coefficient (Wildman–Crippen LogP) is 2.70. The Morgan fingerprint density at radius 3 is 2.44 bits per heavy atom. The summed E-state index contributed by atoms with van der Waals surface area (Å²) >= 11 is 0. The molecule has 0 radical (unpaired) electrons. The summed E-state index contributed by atoms with van der Waals surface area (Å²) in [6.07, 6.45) is 0.476. The Balaban J connectivity index is 2.55. The van der Waals surface area contributed by atoms with E-state index >= 15 is 0 Å². The number of rotatable bonds is 4. The first kappa shape index (κ1) is 12.8. The van der Waals surface area contributed by atoms with Crippen molar-refractivity contribution in [2.24, 2.45) is 5.92 Å². The van der Waals surface area contributed by atoms with Crippen molar-refractivity contribution in [3.05, 3.63) is 35.4 Å². The van der Waals surface area contributed by atoms with Gasteiger partial charge in [0, 0.05) is 6.04 Å². The molecular weight excluding hydrogens is 198 g/mol. The minimum Gasteiger partial charge on any atom is -0.353 e. The largest absolute Gasteiger partial charge is 0.353 e. The van der Waals surface area contributed by atoms with Crippen LogP contribution in [-0.2, 0) is 11.2 Å². The minimum atomic E-state index is 0.107. The van der Waals surface area contributed by atoms with Crippen molar-refractivity contribution in [3.8, 4) is 0 Å². The van der Waals surface area contributed by atoms with Gasteiger partial charge in [-0.2, -0.15) is 0 Å². The Kier molecular flexibility index (Phi) is 4.53. The molecule has 1 aromatic carbocycles. The minimum absolute atomic E-state index is 0.107. The molecule has 0 fully saturated rings. The second-order valence-electron chi connectivity index (χ2n) is 4.70. The highest BCUT2D eigenvalue weighted by atomic mass is 16.1. The van der Waals surface area contributed by atoms with Gasteiger partial charge in [-0.25, -0.2) is 0 Å². The predicted molar refractivity (Wildman–Crippen MR) is 67.3 cm³/mol. The lowest BCUT2D eigenvalue weighted by molar-refractivity contribution is -0.121. The molecule has 2 heteroatoms. The van der Waals surface area contributed by atoms with E-state index in [0.717, 1.165) is 5.56 Å². The van der Waals surface area contributed by atoms with E-state index in [0.29, 0.717) is 12.3 Å². The summed E-state index contributed by atoms with van der Waals surface area (Å²) in [5.74, 6) is 0.580. The molecule has 0 spiro atoms. The fourth-order valence-electron chi connectivity index (χ4n) is 1.45. The van der Waals surface area contributed by atoms with Gasteiger partial charge in [0.2, 0.25) is 5.91 Å². The van der Waals surface area contributed by atoms with Gasteiger partial charge in [0.25, 0.3) is 0 Å². The first-order chi connectivity index (χ1) is 7.50. The molecule has 1 atom stereocenters. The lowest BCUT2D eigenvalue weighted by atomic mass is 10.0. The summed E-state index contributed by atoms with van der Waals surface area (Å²) in [5.41, 5.74) is 2.28. The molecule has 88 valence electrons. The molecule has 1 aromatic rings. The zero-order valence-electron chi connectivity index (χ0n) is 10.6. The molecule has 0 aliphatic heterocycles. The highest BCUT2D eigenvalue weighted by Crippen LogP contribution is 2.08. The van der Waals surface area contributed by atoms with Gasteiger partial charge >= 0.3 is 0 Å². The van der Waals surface area contributed by atoms with E-state index < -0.39 is 0 Å². The van der Waals surface area contributed by atoms with Crippen LogP contribution in [0.15, 0.2) is 24.3 Å². The van der Waals surface area contributed by atoms with Crippen LogP contribution in [0.1, 0.15) is 31.9 Å². The molecule has 0 heterocycles. The lowest BCUT2D eigenvalue weighted by Gasteiger charge is -2.17. The van der Waals surface area contributed by atoms with Crippen molar-refractivity contribution in [3.63, 3.8) is 0 Å². The maximum atomic E-state index is 11.8. The highest BCUT2D eigenvalue weighted by Gasteiger charge is 2.11. The van der Waals surface area contributed by atoms with Gasteiger partial charge in [0.15, 0.2) is 0 Å². The topological polar surface area (TPSA) is 29.1 Å². The summed E-state index contributed by atoms with van der Waals surface area (Å²) in [5, 5.41) is 3.02. The molecule has 1 amide bonds. The number of nitrogens with one attached hydrogen (secondary N) is 1. The second-order valence-corrected chi connectivity index (χ2v) is 4.70. The Morgan fingerprint density at radius 1 is 1.25 bits per heavy atom. The number of amides is 1. The van der Waals surface area contributed by atoms with Crippen molar-refractivity contribution in [2.75, 3.05) is 0 Å². The van der Waals surface area contributed by atoms with Gasteiger partial charge in [-0.15, -0.1) is 0 Å². The molecule has 2 nitrogen and oxygen atoms in total. The monoisotopic (exact) mass is 219 g/mol. The van der Waals surface area contributed by atoms with Crippen molar-refractivity contribution in [1.82, 2.24) is 5.32 Å². The molecule has 0 bridgehead atoms. The van der Waals surface area contributed by atoms with Crippen LogP contribution in [0.25, 0.3) is 0 Å². The van der Waals surface area contributed by atoms with Crippen LogP contribution >= 0.6 is 0 Å². The molecule has 1 N–H and O–H groups in total. The Bertz CT molecular complexity index is 358. The summed E-state index contributed by atoms with van der Waals surface area (Å²) < 4.78 is 0. The van der Waals surface area contributed by atoms with Crippen molar-refractivity contribution in [2.45, 2.75) is 40.2 Å². The molecule has 0 saturated carbocycles. The lowest BCUT2D eigenvalue weighted by Crippen LogP contribution is -2.37. The van der Waals surface area contributed by atoms with Gasteiger partial charge in [-0.05, 0) is 30.9 Å². The number of benzene rings is 1. The first-order valence-electron chi connectivity index (χ1n) is 5.84. The van der Waals surface area contributed by atoms with E-state index in [1.165, 1.54) is 5.56 Å². The van der Waals surface area contributed by atoms with Gasteiger partial charge in [0.05, 0.1) is 6.42 Å². The summed E-state index contributed by atoms with van der Waals surface area (Å²) in [7, 11) is 0. The van der Waals surface area contributed by atoms with E-state index in [-0.39, 0.29) is 11.9 Å². The number of carbonyl (C=O) groups is 1. The summed E-state index contributed by atoms with van der Waals surface area (Å²) in [6, 6.07) is 8.25. The smallest absolute Gasteiger partial charge is 0.224 e. The maximum absolute atomic E-state index is 11.8. The normalized spacial score (nSPS) is 12.6. The number of hydrogen-bond acceptors (Lipinski definition) is 1. The second kappa shape index (κ2) is 5.69. The van der Waals surface area contributed by atoms with Crippen LogP contribution in [0, 0.1) is 12.8 Å². The third-order valence-electron chi connectivity index (χ3n) is 3.00. The molecule has 16 heavy (non-hydrogen) atoms. The third-order valence-corrected chi connectivity index (χ3v) is 3.00. The zero-order valence-corrected chi connectivity index (χ0v) is 10.6. The SMILES string of the molecule is Cc1ccccc1CC(=O)NC(C)C(C)C. The Hall–Kier alpha value is -1.31. The van der Waals surface area contributed by atoms with E-state index in [1.807, 2.05) is 38.1 Å².